The Morgan fingerprint density at radius 1 is 1.25 bits per heavy atom. The zero-order valence-corrected chi connectivity index (χ0v) is 7.08. The molecule has 0 aliphatic carbocycles. The molecule has 60 valence electrons. The predicted octanol–water partition coefficient (Wildman–Crippen LogP) is 1.79. The van der Waals surface area contributed by atoms with Crippen LogP contribution in [0.2, 0.25) is 0 Å². The topological polar surface area (TPSA) is 51.8 Å². The fourth-order valence-corrected chi connectivity index (χ4v) is 1.58. The third-order valence-electron chi connectivity index (χ3n) is 1.55. The van der Waals surface area contributed by atoms with Crippen molar-refractivity contribution in [1.29, 1.82) is 0 Å². The summed E-state index contributed by atoms with van der Waals surface area (Å²) in [6.07, 6.45) is 0. The van der Waals surface area contributed by atoms with Crippen LogP contribution in [-0.2, 0) is 0 Å². The Balaban J connectivity index is 2.55. The molecule has 4 heteroatoms. The number of anilines is 1. The van der Waals surface area contributed by atoms with Crippen LogP contribution in [0.5, 0.6) is 0 Å². The Hall–Kier alpha value is -1.42. The van der Waals surface area contributed by atoms with Crippen LogP contribution >= 0.6 is 11.3 Å². The molecule has 0 saturated carbocycles. The predicted molar refractivity (Wildman–Crippen MR) is 49.8 cm³/mol. The second-order valence-electron chi connectivity index (χ2n) is 2.33. The zero-order chi connectivity index (χ0) is 8.39. The zero-order valence-electron chi connectivity index (χ0n) is 6.27. The van der Waals surface area contributed by atoms with Gasteiger partial charge >= 0.3 is 0 Å². The first-order valence-electron chi connectivity index (χ1n) is 3.49. The summed E-state index contributed by atoms with van der Waals surface area (Å²) in [5, 5.41) is 8.56. The molecule has 1 heterocycles. The van der Waals surface area contributed by atoms with Gasteiger partial charge in [-0.1, -0.05) is 23.5 Å². The number of para-hydroxylation sites is 1. The molecule has 0 saturated heterocycles. The summed E-state index contributed by atoms with van der Waals surface area (Å²) in [7, 11) is 0. The average molecular weight is 177 g/mol. The fraction of sp³-hybridized carbons (Fsp3) is 0. The SMILES string of the molecule is Nc1ccccc1-c1nncs1. The number of nitrogens with zero attached hydrogens (tertiary/aromatic N) is 2. The van der Waals surface area contributed by atoms with Gasteiger partial charge in [-0.15, -0.1) is 10.2 Å². The molecule has 12 heavy (non-hydrogen) atoms. The summed E-state index contributed by atoms with van der Waals surface area (Å²) < 4.78 is 0. The van der Waals surface area contributed by atoms with Crippen molar-refractivity contribution in [2.45, 2.75) is 0 Å². The van der Waals surface area contributed by atoms with E-state index in [-0.39, 0.29) is 0 Å². The molecule has 3 nitrogen and oxygen atoms in total. The van der Waals surface area contributed by atoms with Gasteiger partial charge in [-0.2, -0.15) is 0 Å². The number of rotatable bonds is 1. The first kappa shape index (κ1) is 7.24. The van der Waals surface area contributed by atoms with Crippen LogP contribution in [0.15, 0.2) is 29.8 Å². The van der Waals surface area contributed by atoms with E-state index < -0.39 is 0 Å². The fourth-order valence-electron chi connectivity index (χ4n) is 0.982. The molecule has 0 spiro atoms. The van der Waals surface area contributed by atoms with Gasteiger partial charge in [-0.25, -0.2) is 0 Å². The minimum Gasteiger partial charge on any atom is -0.398 e. The van der Waals surface area contributed by atoms with Crippen molar-refractivity contribution in [3.05, 3.63) is 29.8 Å². The monoisotopic (exact) mass is 177 g/mol. The molecule has 0 bridgehead atoms. The van der Waals surface area contributed by atoms with Crippen LogP contribution in [0, 0.1) is 0 Å². The van der Waals surface area contributed by atoms with Gasteiger partial charge in [0.05, 0.1) is 0 Å². The number of hydrogen-bond donors (Lipinski definition) is 1. The highest BCUT2D eigenvalue weighted by atomic mass is 32.1. The molecule has 2 rings (SSSR count). The molecular weight excluding hydrogens is 170 g/mol. The van der Waals surface area contributed by atoms with Gasteiger partial charge in [-0.05, 0) is 12.1 Å². The number of hydrogen-bond acceptors (Lipinski definition) is 4. The maximum absolute atomic E-state index is 5.75. The number of nitrogen functional groups attached to an aromatic ring is 1. The molecule has 0 radical (unpaired) electrons. The van der Waals surface area contributed by atoms with Crippen molar-refractivity contribution in [2.24, 2.45) is 0 Å². The van der Waals surface area contributed by atoms with Gasteiger partial charge < -0.3 is 5.73 Å². The van der Waals surface area contributed by atoms with Gasteiger partial charge in [-0.3, -0.25) is 0 Å². The molecule has 0 amide bonds. The van der Waals surface area contributed by atoms with Crippen LogP contribution in [0.3, 0.4) is 0 Å². The normalized spacial score (nSPS) is 10.0. The lowest BCUT2D eigenvalue weighted by atomic mass is 10.2. The highest BCUT2D eigenvalue weighted by molar-refractivity contribution is 7.12. The van der Waals surface area contributed by atoms with Gasteiger partial charge in [0.2, 0.25) is 0 Å². The van der Waals surface area contributed by atoms with E-state index in [4.69, 9.17) is 5.73 Å². The molecule has 0 aliphatic heterocycles. The van der Waals surface area contributed by atoms with E-state index in [0.717, 1.165) is 16.3 Å². The second kappa shape index (κ2) is 2.91. The Bertz CT molecular complexity index is 370. The third kappa shape index (κ3) is 1.16. The lowest BCUT2D eigenvalue weighted by Crippen LogP contribution is -1.88. The molecular formula is C8H7N3S. The Kier molecular flexibility index (Phi) is 1.75. The summed E-state index contributed by atoms with van der Waals surface area (Å²) in [4.78, 5) is 0. The maximum Gasteiger partial charge on any atom is 0.149 e. The summed E-state index contributed by atoms with van der Waals surface area (Å²) in [5.41, 5.74) is 9.15. The molecule has 1 aromatic heterocycles. The van der Waals surface area contributed by atoms with Crippen LogP contribution in [0.25, 0.3) is 10.6 Å². The van der Waals surface area contributed by atoms with E-state index in [2.05, 4.69) is 10.2 Å². The van der Waals surface area contributed by atoms with E-state index in [0.29, 0.717) is 0 Å². The van der Waals surface area contributed by atoms with Gasteiger partial charge in [0.1, 0.15) is 10.5 Å². The smallest absolute Gasteiger partial charge is 0.149 e. The van der Waals surface area contributed by atoms with Crippen LogP contribution < -0.4 is 5.73 Å². The molecule has 0 aliphatic rings. The molecule has 0 unspecified atom stereocenters. The van der Waals surface area contributed by atoms with Crippen LogP contribution in [0.1, 0.15) is 0 Å². The van der Waals surface area contributed by atoms with Crippen molar-refractivity contribution in [3.8, 4) is 10.6 Å². The minimum absolute atomic E-state index is 0.745. The maximum atomic E-state index is 5.75. The standard InChI is InChI=1S/C8H7N3S/c9-7-4-2-1-3-6(7)8-11-10-5-12-8/h1-5H,9H2. The summed E-state index contributed by atoms with van der Waals surface area (Å²) >= 11 is 1.49. The van der Waals surface area contributed by atoms with Gasteiger partial charge in [0.25, 0.3) is 0 Å². The average Bonchev–Trinajstić information content (AvgIpc) is 2.57. The van der Waals surface area contributed by atoms with Crippen molar-refractivity contribution in [2.75, 3.05) is 5.73 Å². The van der Waals surface area contributed by atoms with Crippen molar-refractivity contribution in [3.63, 3.8) is 0 Å². The summed E-state index contributed by atoms with van der Waals surface area (Å²) in [5.74, 6) is 0. The lowest BCUT2D eigenvalue weighted by molar-refractivity contribution is 1.10. The molecule has 1 aromatic carbocycles. The van der Waals surface area contributed by atoms with Crippen molar-refractivity contribution >= 4 is 17.0 Å². The largest absolute Gasteiger partial charge is 0.398 e. The quantitative estimate of drug-likeness (QED) is 0.675. The lowest BCUT2D eigenvalue weighted by Gasteiger charge is -1.98. The van der Waals surface area contributed by atoms with Gasteiger partial charge in [0.15, 0.2) is 0 Å². The molecule has 0 atom stereocenters. The Labute approximate surface area is 73.9 Å². The van der Waals surface area contributed by atoms with Crippen molar-refractivity contribution in [1.82, 2.24) is 10.2 Å². The van der Waals surface area contributed by atoms with Crippen LogP contribution in [-0.4, -0.2) is 10.2 Å². The van der Waals surface area contributed by atoms with E-state index in [1.54, 1.807) is 5.51 Å². The number of aromatic nitrogens is 2. The highest BCUT2D eigenvalue weighted by Crippen LogP contribution is 2.25. The Morgan fingerprint density at radius 3 is 2.75 bits per heavy atom. The second-order valence-corrected chi connectivity index (χ2v) is 3.16. The van der Waals surface area contributed by atoms with E-state index in [1.807, 2.05) is 24.3 Å². The highest BCUT2D eigenvalue weighted by Gasteiger charge is 2.03. The first-order valence-corrected chi connectivity index (χ1v) is 4.37. The van der Waals surface area contributed by atoms with Gasteiger partial charge in [0, 0.05) is 11.3 Å². The van der Waals surface area contributed by atoms with E-state index in [9.17, 15) is 0 Å². The number of nitrogens with two attached hydrogens (primary N) is 1. The molecule has 0 fully saturated rings. The Morgan fingerprint density at radius 2 is 2.08 bits per heavy atom. The minimum atomic E-state index is 0.745. The number of benzene rings is 1. The first-order chi connectivity index (χ1) is 5.88. The van der Waals surface area contributed by atoms with Crippen molar-refractivity contribution < 1.29 is 0 Å². The van der Waals surface area contributed by atoms with E-state index in [1.165, 1.54) is 11.3 Å². The third-order valence-corrected chi connectivity index (χ3v) is 2.28. The summed E-state index contributed by atoms with van der Waals surface area (Å²) in [6, 6.07) is 7.64. The van der Waals surface area contributed by atoms with Crippen LogP contribution in [0.4, 0.5) is 5.69 Å². The molecule has 2 aromatic rings. The summed E-state index contributed by atoms with van der Waals surface area (Å²) in [6.45, 7) is 0. The van der Waals surface area contributed by atoms with E-state index >= 15 is 0 Å². The molecule has 2 N–H and O–H groups in total.